The summed E-state index contributed by atoms with van der Waals surface area (Å²) in [5, 5.41) is 8.32. The highest BCUT2D eigenvalue weighted by Gasteiger charge is 2.20. The number of thioether (sulfide) groups is 1. The average molecular weight is 565 g/mol. The fourth-order valence-corrected chi connectivity index (χ4v) is 5.08. The Kier molecular flexibility index (Phi) is 10.1. The van der Waals surface area contributed by atoms with Crippen LogP contribution in [0, 0.1) is 13.8 Å². The summed E-state index contributed by atoms with van der Waals surface area (Å²) in [6.07, 6.45) is 5.44. The predicted octanol–water partition coefficient (Wildman–Crippen LogP) is 6.62. The molecule has 3 amide bonds. The Morgan fingerprint density at radius 3 is 2.41 bits per heavy atom. The molecule has 1 atom stereocenters. The Hall–Kier alpha value is -4.69. The van der Waals surface area contributed by atoms with Crippen molar-refractivity contribution in [1.82, 2.24) is 10.3 Å². The Bertz CT molecular complexity index is 1560. The molecule has 1 aromatic heterocycles. The smallest absolute Gasteiger partial charge is 0.272 e. The molecule has 0 radical (unpaired) electrons. The van der Waals surface area contributed by atoms with Crippen LogP contribution in [0.2, 0.25) is 0 Å². The molecular formula is C33H32N4O3S. The van der Waals surface area contributed by atoms with E-state index in [2.05, 4.69) is 20.9 Å². The average Bonchev–Trinajstić information content (AvgIpc) is 2.98. The van der Waals surface area contributed by atoms with Crippen LogP contribution in [-0.2, 0) is 9.59 Å². The molecule has 208 valence electrons. The molecule has 3 aromatic carbocycles. The summed E-state index contributed by atoms with van der Waals surface area (Å²) in [5.74, 6) is -0.968. The minimum atomic E-state index is -0.486. The number of aromatic nitrogens is 1. The molecule has 0 fully saturated rings. The summed E-state index contributed by atoms with van der Waals surface area (Å²) in [4.78, 5) is 44.2. The maximum Gasteiger partial charge on any atom is 0.272 e. The molecule has 8 heteroatoms. The number of amides is 3. The van der Waals surface area contributed by atoms with Gasteiger partial charge in [-0.3, -0.25) is 19.4 Å². The zero-order valence-electron chi connectivity index (χ0n) is 23.2. The maximum atomic E-state index is 13.4. The van der Waals surface area contributed by atoms with Crippen molar-refractivity contribution in [2.75, 3.05) is 10.6 Å². The Morgan fingerprint density at radius 2 is 1.71 bits per heavy atom. The van der Waals surface area contributed by atoms with Crippen LogP contribution in [0.15, 0.2) is 108 Å². The van der Waals surface area contributed by atoms with E-state index in [4.69, 9.17) is 0 Å². The second-order valence-electron chi connectivity index (χ2n) is 9.47. The van der Waals surface area contributed by atoms with Crippen LogP contribution in [0.25, 0.3) is 6.08 Å². The molecule has 1 heterocycles. The van der Waals surface area contributed by atoms with Gasteiger partial charge in [0.25, 0.3) is 11.8 Å². The third-order valence-electron chi connectivity index (χ3n) is 6.20. The molecule has 4 aromatic rings. The second kappa shape index (κ2) is 14.1. The number of nitrogens with zero attached hydrogens (tertiary/aromatic N) is 1. The van der Waals surface area contributed by atoms with Gasteiger partial charge in [0, 0.05) is 34.2 Å². The molecule has 0 aliphatic rings. The number of nitrogens with one attached hydrogen (secondary N) is 3. The lowest BCUT2D eigenvalue weighted by Crippen LogP contribution is -2.30. The van der Waals surface area contributed by atoms with Crippen LogP contribution >= 0.6 is 11.8 Å². The van der Waals surface area contributed by atoms with Crippen molar-refractivity contribution >= 4 is 46.9 Å². The van der Waals surface area contributed by atoms with E-state index >= 15 is 0 Å². The number of anilines is 2. The van der Waals surface area contributed by atoms with Gasteiger partial charge in [-0.15, -0.1) is 11.8 Å². The number of carbonyl (C=O) groups is 3. The van der Waals surface area contributed by atoms with Crippen LogP contribution in [0.3, 0.4) is 0 Å². The van der Waals surface area contributed by atoms with Gasteiger partial charge in [0.1, 0.15) is 5.70 Å². The van der Waals surface area contributed by atoms with Crippen molar-refractivity contribution in [3.63, 3.8) is 0 Å². The monoisotopic (exact) mass is 564 g/mol. The molecule has 0 spiro atoms. The quantitative estimate of drug-likeness (QED) is 0.149. The number of aryl methyl sites for hydroxylation is 2. The van der Waals surface area contributed by atoms with E-state index in [1.807, 2.05) is 63.2 Å². The molecule has 0 aliphatic carbocycles. The third kappa shape index (κ3) is 8.40. The molecule has 0 aliphatic heterocycles. The van der Waals surface area contributed by atoms with Gasteiger partial charge in [0.15, 0.2) is 0 Å². The number of hydrogen-bond acceptors (Lipinski definition) is 5. The van der Waals surface area contributed by atoms with E-state index in [-0.39, 0.29) is 16.9 Å². The van der Waals surface area contributed by atoms with Crippen LogP contribution in [0.4, 0.5) is 11.4 Å². The highest BCUT2D eigenvalue weighted by Crippen LogP contribution is 2.29. The number of rotatable bonds is 10. The first kappa shape index (κ1) is 29.3. The lowest BCUT2D eigenvalue weighted by Gasteiger charge is -2.17. The molecule has 41 heavy (non-hydrogen) atoms. The van der Waals surface area contributed by atoms with Crippen LogP contribution < -0.4 is 16.0 Å². The molecular weight excluding hydrogens is 532 g/mol. The normalized spacial score (nSPS) is 11.8. The highest BCUT2D eigenvalue weighted by atomic mass is 32.2. The SMILES string of the molecule is CCC(Sc1cccc(NC(=O)/C(=C/c2cccnc2)NC(=O)c2ccccc2)c1)C(=O)Nc1ccc(C)cc1C. The number of benzene rings is 3. The predicted molar refractivity (Wildman–Crippen MR) is 166 cm³/mol. The zero-order chi connectivity index (χ0) is 29.2. The van der Waals surface area contributed by atoms with Crippen molar-refractivity contribution in [3.8, 4) is 0 Å². The first-order valence-electron chi connectivity index (χ1n) is 13.3. The van der Waals surface area contributed by atoms with Gasteiger partial charge in [-0.25, -0.2) is 0 Å². The molecule has 1 unspecified atom stereocenters. The first-order valence-corrected chi connectivity index (χ1v) is 14.1. The van der Waals surface area contributed by atoms with E-state index in [0.717, 1.165) is 21.7 Å². The van der Waals surface area contributed by atoms with E-state index in [0.29, 0.717) is 23.2 Å². The van der Waals surface area contributed by atoms with Crippen LogP contribution in [-0.4, -0.2) is 28.0 Å². The Morgan fingerprint density at radius 1 is 0.902 bits per heavy atom. The van der Waals surface area contributed by atoms with E-state index < -0.39 is 11.8 Å². The first-order chi connectivity index (χ1) is 19.8. The summed E-state index contributed by atoms with van der Waals surface area (Å²) in [6.45, 7) is 5.96. The zero-order valence-corrected chi connectivity index (χ0v) is 24.0. The number of carbonyl (C=O) groups excluding carboxylic acids is 3. The molecule has 0 saturated carbocycles. The van der Waals surface area contributed by atoms with Gasteiger partial charge < -0.3 is 16.0 Å². The van der Waals surface area contributed by atoms with Crippen molar-refractivity contribution in [1.29, 1.82) is 0 Å². The third-order valence-corrected chi connectivity index (χ3v) is 7.56. The molecule has 4 rings (SSSR count). The van der Waals surface area contributed by atoms with E-state index in [9.17, 15) is 14.4 Å². The van der Waals surface area contributed by atoms with Crippen LogP contribution in [0.5, 0.6) is 0 Å². The summed E-state index contributed by atoms with van der Waals surface area (Å²) < 4.78 is 0. The largest absolute Gasteiger partial charge is 0.325 e. The molecule has 0 bridgehead atoms. The molecule has 0 saturated heterocycles. The van der Waals surface area contributed by atoms with Gasteiger partial charge in [-0.2, -0.15) is 0 Å². The molecule has 3 N–H and O–H groups in total. The fraction of sp³-hybridized carbons (Fsp3) is 0.152. The number of pyridine rings is 1. The van der Waals surface area contributed by atoms with Crippen LogP contribution in [0.1, 0.15) is 40.4 Å². The Labute approximate surface area is 244 Å². The van der Waals surface area contributed by atoms with Crippen molar-refractivity contribution < 1.29 is 14.4 Å². The summed E-state index contributed by atoms with van der Waals surface area (Å²) in [6, 6.07) is 25.5. The molecule has 7 nitrogen and oxygen atoms in total. The topological polar surface area (TPSA) is 100 Å². The number of hydrogen-bond donors (Lipinski definition) is 3. The summed E-state index contributed by atoms with van der Waals surface area (Å²) in [5.41, 5.74) is 4.65. The van der Waals surface area contributed by atoms with Crippen molar-refractivity contribution in [2.45, 2.75) is 37.3 Å². The summed E-state index contributed by atoms with van der Waals surface area (Å²) >= 11 is 1.43. The van der Waals surface area contributed by atoms with Crippen molar-refractivity contribution in [2.24, 2.45) is 0 Å². The van der Waals surface area contributed by atoms with E-state index in [1.165, 1.54) is 11.8 Å². The lowest BCUT2D eigenvalue weighted by atomic mass is 10.1. The van der Waals surface area contributed by atoms with Gasteiger partial charge in [0.05, 0.1) is 5.25 Å². The second-order valence-corrected chi connectivity index (χ2v) is 10.7. The van der Waals surface area contributed by atoms with Gasteiger partial charge >= 0.3 is 0 Å². The maximum absolute atomic E-state index is 13.4. The standard InChI is InChI=1S/C33H32N4O3S/c1-4-30(33(40)36-28-16-15-22(2)18-23(28)3)41-27-14-8-13-26(20-27)35-32(39)29(19-24-10-9-17-34-21-24)37-31(38)25-11-6-5-7-12-25/h5-21,30H,4H2,1-3H3,(H,35,39)(H,36,40)(H,37,38)/b29-19-. The fourth-order valence-electron chi connectivity index (χ4n) is 4.07. The van der Waals surface area contributed by atoms with Crippen molar-refractivity contribution in [3.05, 3.63) is 125 Å². The minimum absolute atomic E-state index is 0.0733. The van der Waals surface area contributed by atoms with Gasteiger partial charge in [-0.1, -0.05) is 55.0 Å². The van der Waals surface area contributed by atoms with Gasteiger partial charge in [-0.05, 0) is 79.9 Å². The summed E-state index contributed by atoms with van der Waals surface area (Å²) in [7, 11) is 0. The lowest BCUT2D eigenvalue weighted by molar-refractivity contribution is -0.116. The highest BCUT2D eigenvalue weighted by molar-refractivity contribution is 8.00. The van der Waals surface area contributed by atoms with E-state index in [1.54, 1.807) is 60.9 Å². The Balaban J connectivity index is 1.48. The minimum Gasteiger partial charge on any atom is -0.325 e. The van der Waals surface area contributed by atoms with Gasteiger partial charge in [0.2, 0.25) is 5.91 Å².